The minimum atomic E-state index is -4.10. The molecule has 2 N–H and O–H groups in total. The SMILES string of the molecule is Cc1[nH]cc[n+]1S(=O)(=O)O. The Labute approximate surface area is 58.2 Å². The van der Waals surface area contributed by atoms with Crippen molar-refractivity contribution in [3.63, 3.8) is 0 Å². The van der Waals surface area contributed by atoms with Crippen molar-refractivity contribution in [2.75, 3.05) is 0 Å². The van der Waals surface area contributed by atoms with Crippen LogP contribution >= 0.6 is 0 Å². The Morgan fingerprint density at radius 3 is 2.50 bits per heavy atom. The van der Waals surface area contributed by atoms with Gasteiger partial charge in [-0.2, -0.15) is 8.42 Å². The fourth-order valence-corrected chi connectivity index (χ4v) is 1.26. The summed E-state index contributed by atoms with van der Waals surface area (Å²) >= 11 is 0. The number of nitrogens with one attached hydrogen (secondary N) is 1. The Hall–Kier alpha value is -0.880. The highest BCUT2D eigenvalue weighted by atomic mass is 32.2. The first-order valence-corrected chi connectivity index (χ1v) is 3.95. The van der Waals surface area contributed by atoms with Gasteiger partial charge in [0, 0.05) is 6.92 Å². The Morgan fingerprint density at radius 2 is 2.30 bits per heavy atom. The minimum Gasteiger partial charge on any atom is -0.251 e. The van der Waals surface area contributed by atoms with Crippen LogP contribution in [0.2, 0.25) is 0 Å². The molecule has 0 radical (unpaired) electrons. The monoisotopic (exact) mass is 163 g/mol. The topological polar surface area (TPSA) is 74.0 Å². The molecule has 0 unspecified atom stereocenters. The number of aryl methyl sites for hydroxylation is 1. The average molecular weight is 163 g/mol. The van der Waals surface area contributed by atoms with Crippen molar-refractivity contribution in [2.24, 2.45) is 0 Å². The third-order valence-electron chi connectivity index (χ3n) is 1.08. The first-order chi connectivity index (χ1) is 4.52. The summed E-state index contributed by atoms with van der Waals surface area (Å²) in [6.07, 6.45) is 2.65. The maximum Gasteiger partial charge on any atom is 0.439 e. The van der Waals surface area contributed by atoms with Crippen molar-refractivity contribution in [1.82, 2.24) is 4.98 Å². The van der Waals surface area contributed by atoms with Crippen LogP contribution in [0.4, 0.5) is 0 Å². The normalized spacial score (nSPS) is 11.8. The Bertz CT molecular complexity index is 326. The van der Waals surface area contributed by atoms with Crippen LogP contribution in [0.5, 0.6) is 0 Å². The van der Waals surface area contributed by atoms with Crippen molar-refractivity contribution in [1.29, 1.82) is 0 Å². The third-order valence-corrected chi connectivity index (χ3v) is 1.97. The van der Waals surface area contributed by atoms with Gasteiger partial charge >= 0.3 is 10.3 Å². The first kappa shape index (κ1) is 7.23. The summed E-state index contributed by atoms with van der Waals surface area (Å²) in [7, 11) is -4.10. The number of aromatic amines is 1. The molecule has 56 valence electrons. The summed E-state index contributed by atoms with van der Waals surface area (Å²) in [4.78, 5) is 2.60. The molecule has 0 aliphatic rings. The van der Waals surface area contributed by atoms with Crippen LogP contribution in [0.3, 0.4) is 0 Å². The van der Waals surface area contributed by atoms with Crippen molar-refractivity contribution >= 4 is 10.3 Å². The van der Waals surface area contributed by atoms with Crippen LogP contribution in [-0.2, 0) is 10.3 Å². The van der Waals surface area contributed by atoms with E-state index in [9.17, 15) is 8.42 Å². The van der Waals surface area contributed by atoms with E-state index < -0.39 is 10.3 Å². The lowest BCUT2D eigenvalue weighted by atomic mass is 10.8. The van der Waals surface area contributed by atoms with E-state index in [1.807, 2.05) is 0 Å². The van der Waals surface area contributed by atoms with Crippen molar-refractivity contribution in [3.05, 3.63) is 18.2 Å². The molecule has 0 saturated carbocycles. The highest BCUT2D eigenvalue weighted by molar-refractivity contribution is 7.79. The molecule has 0 bridgehead atoms. The largest absolute Gasteiger partial charge is 0.439 e. The molecule has 0 amide bonds. The van der Waals surface area contributed by atoms with Crippen molar-refractivity contribution in [2.45, 2.75) is 6.92 Å². The Morgan fingerprint density at radius 1 is 1.70 bits per heavy atom. The molecule has 0 fully saturated rings. The smallest absolute Gasteiger partial charge is 0.251 e. The summed E-state index contributed by atoms with van der Waals surface area (Å²) in [6.45, 7) is 1.54. The number of rotatable bonds is 1. The molecule has 1 aromatic rings. The van der Waals surface area contributed by atoms with E-state index in [0.29, 0.717) is 5.82 Å². The van der Waals surface area contributed by atoms with Crippen LogP contribution < -0.4 is 3.97 Å². The second-order valence-electron chi connectivity index (χ2n) is 1.82. The molecule has 5 nitrogen and oxygen atoms in total. The summed E-state index contributed by atoms with van der Waals surface area (Å²) in [5.74, 6) is 0.363. The maximum atomic E-state index is 10.4. The molecule has 0 aromatic carbocycles. The van der Waals surface area contributed by atoms with Gasteiger partial charge in [-0.15, -0.1) is 0 Å². The van der Waals surface area contributed by atoms with Crippen LogP contribution in [-0.4, -0.2) is 18.0 Å². The van der Waals surface area contributed by atoms with Gasteiger partial charge in [-0.3, -0.25) is 4.55 Å². The molecule has 0 aliphatic carbocycles. The summed E-state index contributed by atoms with van der Waals surface area (Å²) in [5.41, 5.74) is 0. The van der Waals surface area contributed by atoms with Gasteiger partial charge < -0.3 is 0 Å². The van der Waals surface area contributed by atoms with Crippen molar-refractivity contribution in [3.8, 4) is 0 Å². The molecular formula is C4H7N2O3S+. The molecule has 0 spiro atoms. The zero-order chi connectivity index (χ0) is 7.78. The highest BCUT2D eigenvalue weighted by Crippen LogP contribution is 1.83. The first-order valence-electron chi connectivity index (χ1n) is 2.55. The van der Waals surface area contributed by atoms with Crippen LogP contribution in [0.1, 0.15) is 5.82 Å². The molecule has 1 rings (SSSR count). The fourth-order valence-electron chi connectivity index (χ4n) is 0.651. The van der Waals surface area contributed by atoms with E-state index >= 15 is 0 Å². The molecule has 0 aliphatic heterocycles. The molecule has 6 heteroatoms. The van der Waals surface area contributed by atoms with E-state index in [1.54, 1.807) is 0 Å². The molecule has 10 heavy (non-hydrogen) atoms. The maximum absolute atomic E-state index is 10.4. The van der Waals surface area contributed by atoms with E-state index in [0.717, 1.165) is 3.97 Å². The number of hydrogen-bond acceptors (Lipinski definition) is 2. The zero-order valence-corrected chi connectivity index (χ0v) is 6.09. The summed E-state index contributed by atoms with van der Waals surface area (Å²) in [5, 5.41) is 0. The van der Waals surface area contributed by atoms with Crippen LogP contribution in [0, 0.1) is 6.92 Å². The van der Waals surface area contributed by atoms with Gasteiger partial charge in [-0.05, 0) is 0 Å². The zero-order valence-electron chi connectivity index (χ0n) is 5.27. The summed E-state index contributed by atoms with van der Waals surface area (Å²) < 4.78 is 30.0. The van der Waals surface area contributed by atoms with Gasteiger partial charge in [0.2, 0.25) is 0 Å². The summed E-state index contributed by atoms with van der Waals surface area (Å²) in [6, 6.07) is 0. The molecule has 0 atom stereocenters. The van der Waals surface area contributed by atoms with Gasteiger partial charge in [-0.1, -0.05) is 3.97 Å². The van der Waals surface area contributed by atoms with Crippen molar-refractivity contribution < 1.29 is 16.9 Å². The Kier molecular flexibility index (Phi) is 1.49. The third kappa shape index (κ3) is 1.17. The lowest BCUT2D eigenvalue weighted by Gasteiger charge is -1.87. The van der Waals surface area contributed by atoms with E-state index in [1.165, 1.54) is 19.3 Å². The number of nitrogens with zero attached hydrogens (tertiary/aromatic N) is 1. The second kappa shape index (κ2) is 2.06. The quantitative estimate of drug-likeness (QED) is 0.423. The van der Waals surface area contributed by atoms with Gasteiger partial charge in [-0.25, -0.2) is 4.98 Å². The average Bonchev–Trinajstić information content (AvgIpc) is 2.11. The molecule has 1 heterocycles. The highest BCUT2D eigenvalue weighted by Gasteiger charge is 2.17. The predicted octanol–water partition coefficient (Wildman–Crippen LogP) is -0.738. The molecular weight excluding hydrogens is 156 g/mol. The van der Waals surface area contributed by atoms with Crippen LogP contribution in [0.25, 0.3) is 0 Å². The lowest BCUT2D eigenvalue weighted by molar-refractivity contribution is -0.525. The lowest BCUT2D eigenvalue weighted by Crippen LogP contribution is -2.42. The minimum absolute atomic E-state index is 0.363. The fraction of sp³-hybridized carbons (Fsp3) is 0.250. The van der Waals surface area contributed by atoms with Gasteiger partial charge in [0.15, 0.2) is 0 Å². The van der Waals surface area contributed by atoms with Gasteiger partial charge in [0.25, 0.3) is 5.82 Å². The predicted molar refractivity (Wildman–Crippen MR) is 32.7 cm³/mol. The standard InChI is InChI=1S/C4H6N2O3S/c1-4-5-2-3-6(4)10(7,8)9/h2-3H,1H3,(H,7,8,9)/p+1. The number of imidazole rings is 1. The van der Waals surface area contributed by atoms with E-state index in [4.69, 9.17) is 4.55 Å². The van der Waals surface area contributed by atoms with Gasteiger partial charge in [0.1, 0.15) is 12.4 Å². The second-order valence-corrected chi connectivity index (χ2v) is 3.11. The van der Waals surface area contributed by atoms with E-state index in [-0.39, 0.29) is 0 Å². The van der Waals surface area contributed by atoms with Crippen LogP contribution in [0.15, 0.2) is 12.4 Å². The van der Waals surface area contributed by atoms with Gasteiger partial charge in [0.05, 0.1) is 0 Å². The number of aromatic nitrogens is 2. The number of H-pyrrole nitrogens is 1. The molecule has 1 aromatic heterocycles. The number of hydrogen-bond donors (Lipinski definition) is 2. The van der Waals surface area contributed by atoms with E-state index in [2.05, 4.69) is 4.98 Å². The Balaban J connectivity index is 3.32. The molecule has 0 saturated heterocycles.